The molecular weight excluding hydrogens is 219 g/mol. The number of benzene rings is 1. The van der Waals surface area contributed by atoms with Gasteiger partial charge in [-0.25, -0.2) is 4.39 Å². The van der Waals surface area contributed by atoms with Gasteiger partial charge >= 0.3 is 0 Å². The largest absolute Gasteiger partial charge is 0.391 e. The third-order valence-electron chi connectivity index (χ3n) is 3.22. The van der Waals surface area contributed by atoms with Crippen LogP contribution in [0.3, 0.4) is 0 Å². The van der Waals surface area contributed by atoms with Crippen LogP contribution in [-0.2, 0) is 0 Å². The van der Waals surface area contributed by atoms with Crippen LogP contribution in [0.15, 0.2) is 18.2 Å². The first-order valence-corrected chi connectivity index (χ1v) is 6.06. The first-order valence-electron chi connectivity index (χ1n) is 6.06. The van der Waals surface area contributed by atoms with Crippen LogP contribution in [0.5, 0.6) is 0 Å². The summed E-state index contributed by atoms with van der Waals surface area (Å²) in [7, 11) is 0. The third-order valence-corrected chi connectivity index (χ3v) is 3.22. The summed E-state index contributed by atoms with van der Waals surface area (Å²) in [6, 6.07) is 4.48. The van der Waals surface area contributed by atoms with E-state index in [9.17, 15) is 9.50 Å². The summed E-state index contributed by atoms with van der Waals surface area (Å²) in [6.45, 7) is 3.34. The maximum atomic E-state index is 13.2. The standard InChI is InChI=1S/C13H19FN2O/c1-9(15)12-7-10(14)4-5-13(12)16-6-2-3-11(17)8-16/h4-5,7,9,11,17H,2-3,6,8,15H2,1H3. The lowest BCUT2D eigenvalue weighted by molar-refractivity contribution is 0.154. The van der Waals surface area contributed by atoms with Crippen molar-refractivity contribution in [2.24, 2.45) is 5.73 Å². The van der Waals surface area contributed by atoms with Crippen LogP contribution >= 0.6 is 0 Å². The number of anilines is 1. The lowest BCUT2D eigenvalue weighted by Gasteiger charge is -2.34. The van der Waals surface area contributed by atoms with Gasteiger partial charge in [0.2, 0.25) is 0 Å². The van der Waals surface area contributed by atoms with Crippen LogP contribution in [0.4, 0.5) is 10.1 Å². The number of nitrogens with two attached hydrogens (primary N) is 1. The summed E-state index contributed by atoms with van der Waals surface area (Å²) in [4.78, 5) is 2.09. The molecule has 0 bridgehead atoms. The molecular formula is C13H19FN2O. The van der Waals surface area contributed by atoms with Gasteiger partial charge in [0, 0.05) is 24.8 Å². The fraction of sp³-hybridized carbons (Fsp3) is 0.538. The zero-order valence-electron chi connectivity index (χ0n) is 10.1. The van der Waals surface area contributed by atoms with E-state index in [0.717, 1.165) is 30.6 Å². The van der Waals surface area contributed by atoms with Crippen LogP contribution in [-0.4, -0.2) is 24.3 Å². The first-order chi connectivity index (χ1) is 8.08. The SMILES string of the molecule is CC(N)c1cc(F)ccc1N1CCCC(O)C1. The number of aliphatic hydroxyl groups is 1. The number of hydrogen-bond acceptors (Lipinski definition) is 3. The summed E-state index contributed by atoms with van der Waals surface area (Å²) >= 11 is 0. The van der Waals surface area contributed by atoms with E-state index in [0.29, 0.717) is 6.54 Å². The van der Waals surface area contributed by atoms with E-state index < -0.39 is 0 Å². The molecule has 0 aliphatic carbocycles. The highest BCUT2D eigenvalue weighted by atomic mass is 19.1. The summed E-state index contributed by atoms with van der Waals surface area (Å²) in [5.41, 5.74) is 7.62. The van der Waals surface area contributed by atoms with Crippen molar-refractivity contribution in [3.05, 3.63) is 29.6 Å². The molecule has 0 saturated carbocycles. The number of aliphatic hydroxyl groups excluding tert-OH is 1. The summed E-state index contributed by atoms with van der Waals surface area (Å²) < 4.78 is 13.2. The lowest BCUT2D eigenvalue weighted by Crippen LogP contribution is -2.39. The second-order valence-electron chi connectivity index (χ2n) is 4.73. The van der Waals surface area contributed by atoms with E-state index in [2.05, 4.69) is 4.90 Å². The minimum atomic E-state index is -0.297. The molecule has 1 saturated heterocycles. The van der Waals surface area contributed by atoms with Crippen molar-refractivity contribution >= 4 is 5.69 Å². The number of piperidine rings is 1. The Morgan fingerprint density at radius 2 is 2.29 bits per heavy atom. The summed E-state index contributed by atoms with van der Waals surface area (Å²) in [5.74, 6) is -0.265. The zero-order valence-corrected chi connectivity index (χ0v) is 10.1. The minimum absolute atomic E-state index is 0.209. The monoisotopic (exact) mass is 238 g/mol. The van der Waals surface area contributed by atoms with Crippen molar-refractivity contribution in [2.75, 3.05) is 18.0 Å². The number of β-amino-alcohol motifs (C(OH)–C–C–N with tert-alkyl or cyclic N) is 1. The van der Waals surface area contributed by atoms with Gasteiger partial charge in [0.1, 0.15) is 5.82 Å². The second-order valence-corrected chi connectivity index (χ2v) is 4.73. The number of halogens is 1. The molecule has 1 aromatic rings. The number of rotatable bonds is 2. The van der Waals surface area contributed by atoms with E-state index in [-0.39, 0.29) is 18.0 Å². The first kappa shape index (κ1) is 12.3. The Labute approximate surface area is 101 Å². The quantitative estimate of drug-likeness (QED) is 0.826. The Balaban J connectivity index is 2.30. The minimum Gasteiger partial charge on any atom is -0.391 e. The fourth-order valence-corrected chi connectivity index (χ4v) is 2.35. The van der Waals surface area contributed by atoms with E-state index >= 15 is 0 Å². The number of nitrogens with zero attached hydrogens (tertiary/aromatic N) is 1. The van der Waals surface area contributed by atoms with Crippen molar-refractivity contribution in [2.45, 2.75) is 31.9 Å². The van der Waals surface area contributed by atoms with Gasteiger partial charge in [0.25, 0.3) is 0 Å². The van der Waals surface area contributed by atoms with Gasteiger partial charge < -0.3 is 15.7 Å². The van der Waals surface area contributed by atoms with Crippen molar-refractivity contribution < 1.29 is 9.50 Å². The topological polar surface area (TPSA) is 49.5 Å². The van der Waals surface area contributed by atoms with E-state index in [1.165, 1.54) is 12.1 Å². The summed E-state index contributed by atoms with van der Waals surface area (Å²) in [5, 5.41) is 9.68. The molecule has 2 unspecified atom stereocenters. The van der Waals surface area contributed by atoms with E-state index in [4.69, 9.17) is 5.73 Å². The lowest BCUT2D eigenvalue weighted by atomic mass is 10.0. The average molecular weight is 238 g/mol. The highest BCUT2D eigenvalue weighted by Crippen LogP contribution is 2.28. The summed E-state index contributed by atoms with van der Waals surface area (Å²) in [6.07, 6.45) is 1.50. The molecule has 0 aromatic heterocycles. The molecule has 1 fully saturated rings. The Morgan fingerprint density at radius 1 is 1.53 bits per heavy atom. The van der Waals surface area contributed by atoms with Gasteiger partial charge in [0.05, 0.1) is 6.10 Å². The second kappa shape index (κ2) is 5.02. The maximum Gasteiger partial charge on any atom is 0.123 e. The molecule has 1 aromatic carbocycles. The van der Waals surface area contributed by atoms with Crippen molar-refractivity contribution in [1.82, 2.24) is 0 Å². The molecule has 3 N–H and O–H groups in total. The predicted molar refractivity (Wildman–Crippen MR) is 66.5 cm³/mol. The Hall–Kier alpha value is -1.13. The fourth-order valence-electron chi connectivity index (χ4n) is 2.35. The van der Waals surface area contributed by atoms with Gasteiger partial charge in [0.15, 0.2) is 0 Å². The molecule has 1 aliphatic rings. The Kier molecular flexibility index (Phi) is 3.64. The van der Waals surface area contributed by atoms with Crippen LogP contribution in [0.25, 0.3) is 0 Å². The maximum absolute atomic E-state index is 13.2. The van der Waals surface area contributed by atoms with Crippen LogP contribution in [0, 0.1) is 5.82 Å². The molecule has 94 valence electrons. The zero-order chi connectivity index (χ0) is 12.4. The molecule has 2 atom stereocenters. The molecule has 1 heterocycles. The molecule has 2 rings (SSSR count). The van der Waals surface area contributed by atoms with Gasteiger partial charge in [-0.15, -0.1) is 0 Å². The Morgan fingerprint density at radius 3 is 2.94 bits per heavy atom. The third kappa shape index (κ3) is 2.76. The van der Waals surface area contributed by atoms with Crippen LogP contribution in [0.2, 0.25) is 0 Å². The van der Waals surface area contributed by atoms with Crippen molar-refractivity contribution in [3.8, 4) is 0 Å². The highest BCUT2D eigenvalue weighted by molar-refractivity contribution is 5.55. The van der Waals surface area contributed by atoms with Crippen molar-refractivity contribution in [3.63, 3.8) is 0 Å². The smallest absolute Gasteiger partial charge is 0.123 e. The van der Waals surface area contributed by atoms with Gasteiger partial charge in [-0.2, -0.15) is 0 Å². The number of hydrogen-bond donors (Lipinski definition) is 2. The van der Waals surface area contributed by atoms with Crippen LogP contribution < -0.4 is 10.6 Å². The molecule has 3 nitrogen and oxygen atoms in total. The molecule has 4 heteroatoms. The molecule has 0 spiro atoms. The van der Waals surface area contributed by atoms with E-state index in [1.807, 2.05) is 6.92 Å². The molecule has 0 radical (unpaired) electrons. The normalized spacial score (nSPS) is 22.6. The van der Waals surface area contributed by atoms with Gasteiger partial charge in [-0.1, -0.05) is 0 Å². The molecule has 1 aliphatic heterocycles. The highest BCUT2D eigenvalue weighted by Gasteiger charge is 2.21. The van der Waals surface area contributed by atoms with E-state index in [1.54, 1.807) is 6.07 Å². The van der Waals surface area contributed by atoms with Gasteiger partial charge in [-0.3, -0.25) is 0 Å². The van der Waals surface area contributed by atoms with Crippen molar-refractivity contribution in [1.29, 1.82) is 0 Å². The average Bonchev–Trinajstić information content (AvgIpc) is 2.28. The Bertz CT molecular complexity index is 395. The predicted octanol–water partition coefficient (Wildman–Crippen LogP) is 1.81. The molecule has 0 amide bonds. The van der Waals surface area contributed by atoms with Gasteiger partial charge in [-0.05, 0) is 43.5 Å². The molecule has 17 heavy (non-hydrogen) atoms. The van der Waals surface area contributed by atoms with Crippen LogP contribution in [0.1, 0.15) is 31.4 Å².